The van der Waals surface area contributed by atoms with Gasteiger partial charge >= 0.3 is 12.2 Å². The number of nitrogens with two attached hydrogens (primary N) is 1. The second kappa shape index (κ2) is 12.2. The van der Waals surface area contributed by atoms with Crippen molar-refractivity contribution in [1.29, 1.82) is 0 Å². The number of urea groups is 1. The van der Waals surface area contributed by atoms with Crippen molar-refractivity contribution in [2.45, 2.75) is 56.4 Å². The lowest BCUT2D eigenvalue weighted by molar-refractivity contribution is -0.141. The zero-order valence-corrected chi connectivity index (χ0v) is 24.7. The summed E-state index contributed by atoms with van der Waals surface area (Å²) in [5.74, 6) is -1.10. The molecule has 2 aliphatic carbocycles. The summed E-state index contributed by atoms with van der Waals surface area (Å²) in [5.41, 5.74) is 4.06. The van der Waals surface area contributed by atoms with Gasteiger partial charge in [0.15, 0.2) is 11.5 Å². The van der Waals surface area contributed by atoms with Crippen molar-refractivity contribution in [3.8, 4) is 0 Å². The predicted octanol–water partition coefficient (Wildman–Crippen LogP) is 3.32. The van der Waals surface area contributed by atoms with Crippen molar-refractivity contribution in [3.63, 3.8) is 0 Å². The highest BCUT2D eigenvalue weighted by Gasteiger charge is 2.57. The number of H-pyrrole nitrogens is 2. The van der Waals surface area contributed by atoms with E-state index in [1.54, 1.807) is 4.90 Å². The molecular weight excluding hydrogens is 641 g/mol. The molecule has 6 rings (SSSR count). The number of amides is 4. The van der Waals surface area contributed by atoms with Crippen molar-refractivity contribution >= 4 is 35.1 Å². The Labute approximate surface area is 263 Å². The molecule has 2 unspecified atom stereocenters. The number of imidazole rings is 1. The standard InChI is InChI=1S/C28H29ClF5N9O3/c29-19-6-12(1-2-15(19)25(44)40-22-17-9-43(10-18(17)22)27(46)39-13-3-11(35)4-13)38-26(45)24-36-8-14(37-24)5-16-20(7-21(30)31)41-42-23(16)28(32,33)34/h1-2,6,8,11,13,17-18,21-22H,3-5,7,9-10,35H2,(H,36,37)(H,38,45)(H,39,46)(H,40,44)(H,41,42). The smallest absolute Gasteiger partial charge is 0.349 e. The van der Waals surface area contributed by atoms with E-state index >= 15 is 0 Å². The van der Waals surface area contributed by atoms with Gasteiger partial charge in [0.2, 0.25) is 6.43 Å². The number of halogens is 6. The number of benzene rings is 1. The molecule has 1 aliphatic heterocycles. The van der Waals surface area contributed by atoms with E-state index < -0.39 is 48.5 Å². The molecule has 0 bridgehead atoms. The second-order valence-corrected chi connectivity index (χ2v) is 12.2. The summed E-state index contributed by atoms with van der Waals surface area (Å²) in [6.07, 6.45) is -6.54. The van der Waals surface area contributed by atoms with Gasteiger partial charge in [0, 0.05) is 78.3 Å². The Kier molecular flexibility index (Phi) is 8.39. The van der Waals surface area contributed by atoms with Crippen LogP contribution in [0.4, 0.5) is 32.4 Å². The summed E-state index contributed by atoms with van der Waals surface area (Å²) in [5, 5.41) is 13.7. The van der Waals surface area contributed by atoms with Crippen molar-refractivity contribution in [2.24, 2.45) is 17.6 Å². The minimum absolute atomic E-state index is 0.0622. The third-order valence-corrected chi connectivity index (χ3v) is 8.86. The maximum Gasteiger partial charge on any atom is 0.435 e. The molecule has 2 atom stereocenters. The molecule has 246 valence electrons. The molecule has 3 fully saturated rings. The summed E-state index contributed by atoms with van der Waals surface area (Å²) in [6.45, 7) is 1.08. The van der Waals surface area contributed by atoms with Crippen molar-refractivity contribution < 1.29 is 36.3 Å². The highest BCUT2D eigenvalue weighted by Crippen LogP contribution is 2.46. The molecule has 2 aromatic heterocycles. The van der Waals surface area contributed by atoms with E-state index in [4.69, 9.17) is 17.3 Å². The van der Waals surface area contributed by atoms with Gasteiger partial charge in [-0.05, 0) is 31.0 Å². The van der Waals surface area contributed by atoms with Crippen LogP contribution in [0.2, 0.25) is 5.02 Å². The molecule has 1 saturated heterocycles. The Morgan fingerprint density at radius 1 is 1.11 bits per heavy atom. The minimum atomic E-state index is -4.88. The minimum Gasteiger partial charge on any atom is -0.349 e. The summed E-state index contributed by atoms with van der Waals surface area (Å²) in [7, 11) is 0. The van der Waals surface area contributed by atoms with Crippen molar-refractivity contribution in [3.05, 3.63) is 63.5 Å². The first-order valence-electron chi connectivity index (χ1n) is 14.4. The zero-order chi connectivity index (χ0) is 32.9. The molecule has 12 nitrogen and oxygen atoms in total. The fraction of sp³-hybridized carbons (Fsp3) is 0.464. The van der Waals surface area contributed by atoms with Crippen molar-refractivity contribution in [2.75, 3.05) is 18.4 Å². The number of nitrogens with one attached hydrogen (secondary N) is 5. The van der Waals surface area contributed by atoms with Gasteiger partial charge in [0.25, 0.3) is 11.8 Å². The molecule has 18 heteroatoms. The lowest BCUT2D eigenvalue weighted by Gasteiger charge is -2.34. The van der Waals surface area contributed by atoms with Gasteiger partial charge in [-0.25, -0.2) is 18.6 Å². The van der Waals surface area contributed by atoms with Gasteiger partial charge in [-0.1, -0.05) is 11.6 Å². The molecular formula is C28H29ClF5N9O3. The average molecular weight is 670 g/mol. The lowest BCUT2D eigenvalue weighted by Crippen LogP contribution is -2.54. The number of aromatic nitrogens is 4. The van der Waals surface area contributed by atoms with E-state index in [2.05, 4.69) is 31.0 Å². The van der Waals surface area contributed by atoms with E-state index in [1.165, 1.54) is 18.2 Å². The Morgan fingerprint density at radius 3 is 2.46 bits per heavy atom. The maximum absolute atomic E-state index is 13.4. The fourth-order valence-electron chi connectivity index (χ4n) is 6.05. The first-order chi connectivity index (χ1) is 21.8. The van der Waals surface area contributed by atoms with E-state index in [0.29, 0.717) is 13.1 Å². The second-order valence-electron chi connectivity index (χ2n) is 11.8. The van der Waals surface area contributed by atoms with E-state index in [1.807, 2.05) is 5.10 Å². The average Bonchev–Trinajstić information content (AvgIpc) is 3.41. The molecule has 0 radical (unpaired) electrons. The maximum atomic E-state index is 13.4. The summed E-state index contributed by atoms with van der Waals surface area (Å²) in [4.78, 5) is 46.4. The molecule has 7 N–H and O–H groups in total. The van der Waals surface area contributed by atoms with E-state index in [9.17, 15) is 36.3 Å². The van der Waals surface area contributed by atoms with Crippen LogP contribution in [0.1, 0.15) is 56.5 Å². The first kappa shape index (κ1) is 31.7. The third kappa shape index (κ3) is 6.65. The van der Waals surface area contributed by atoms with Crippen LogP contribution >= 0.6 is 11.6 Å². The number of likely N-dealkylation sites (tertiary alicyclic amines) is 1. The largest absolute Gasteiger partial charge is 0.435 e. The van der Waals surface area contributed by atoms with Crippen LogP contribution in [-0.4, -0.2) is 80.6 Å². The number of anilines is 1. The molecule has 1 aromatic carbocycles. The topological polar surface area (TPSA) is 174 Å². The number of piperidine rings is 1. The number of carbonyl (C=O) groups is 3. The van der Waals surface area contributed by atoms with Crippen molar-refractivity contribution in [1.82, 2.24) is 35.7 Å². The summed E-state index contributed by atoms with van der Waals surface area (Å²) in [6, 6.07) is 4.29. The Morgan fingerprint density at radius 2 is 1.83 bits per heavy atom. The van der Waals surface area contributed by atoms with Gasteiger partial charge in [-0.3, -0.25) is 14.7 Å². The molecule has 4 amide bonds. The first-order valence-corrected chi connectivity index (χ1v) is 14.8. The number of alkyl halides is 5. The molecule has 2 saturated carbocycles. The number of rotatable bonds is 9. The molecule has 46 heavy (non-hydrogen) atoms. The summed E-state index contributed by atoms with van der Waals surface area (Å²) >= 11 is 6.35. The highest BCUT2D eigenvalue weighted by atomic mass is 35.5. The van der Waals surface area contributed by atoms with Crippen LogP contribution in [-0.2, 0) is 19.0 Å². The van der Waals surface area contributed by atoms with Crippen LogP contribution in [0.5, 0.6) is 0 Å². The number of fused-ring (bicyclic) bond motifs is 1. The van der Waals surface area contributed by atoms with Crippen LogP contribution in [0.25, 0.3) is 0 Å². The fourth-order valence-corrected chi connectivity index (χ4v) is 6.32. The van der Waals surface area contributed by atoms with Gasteiger partial charge in [0.1, 0.15) is 0 Å². The Bertz CT molecular complexity index is 1640. The number of carbonyl (C=O) groups excluding carboxylic acids is 3. The van der Waals surface area contributed by atoms with Gasteiger partial charge in [-0.2, -0.15) is 18.3 Å². The number of hydrogen-bond acceptors (Lipinski definition) is 6. The third-order valence-electron chi connectivity index (χ3n) is 8.54. The van der Waals surface area contributed by atoms with Gasteiger partial charge in [0.05, 0.1) is 17.0 Å². The number of nitrogens with zero attached hydrogens (tertiary/aromatic N) is 3. The number of hydrogen-bond donors (Lipinski definition) is 6. The monoisotopic (exact) mass is 669 g/mol. The van der Waals surface area contributed by atoms with Gasteiger partial charge < -0.3 is 31.6 Å². The summed E-state index contributed by atoms with van der Waals surface area (Å²) < 4.78 is 66.0. The quantitative estimate of drug-likeness (QED) is 0.191. The molecule has 0 spiro atoms. The Balaban J connectivity index is 1.02. The van der Waals surface area contributed by atoms with Crippen LogP contribution < -0.4 is 21.7 Å². The normalized spacial score (nSPS) is 23.6. The lowest BCUT2D eigenvalue weighted by atomic mass is 9.88. The van der Waals surface area contributed by atoms with Crippen LogP contribution in [0.15, 0.2) is 24.4 Å². The van der Waals surface area contributed by atoms with E-state index in [-0.39, 0.29) is 69.5 Å². The van der Waals surface area contributed by atoms with Crippen LogP contribution in [0, 0.1) is 11.8 Å². The molecule has 3 aromatic rings. The van der Waals surface area contributed by atoms with Crippen LogP contribution in [0.3, 0.4) is 0 Å². The highest BCUT2D eigenvalue weighted by molar-refractivity contribution is 6.34. The van der Waals surface area contributed by atoms with Gasteiger partial charge in [-0.15, -0.1) is 0 Å². The number of aromatic amines is 2. The van der Waals surface area contributed by atoms with E-state index in [0.717, 1.165) is 19.0 Å². The Hall–Kier alpha value is -4.25. The molecule has 3 heterocycles. The SMILES string of the molecule is NC1CC(NC(=O)N2CC3C(C2)C3NC(=O)c2ccc(NC(=O)c3ncc(Cc4c(C(F)(F)F)n[nH]c4CC(F)F)[nH]3)cc2Cl)C1. The predicted molar refractivity (Wildman–Crippen MR) is 153 cm³/mol. The zero-order valence-electron chi connectivity index (χ0n) is 23.9. The molecule has 3 aliphatic rings.